The second kappa shape index (κ2) is 6.67. The molecule has 1 saturated carbocycles. The summed E-state index contributed by atoms with van der Waals surface area (Å²) in [6, 6.07) is 6.54. The lowest BCUT2D eigenvalue weighted by molar-refractivity contribution is -0.0274. The maximum atomic E-state index is 10.4. The quantitative estimate of drug-likeness (QED) is 0.774. The first-order valence-corrected chi connectivity index (χ1v) is 7.68. The normalized spacial score (nSPS) is 17.6. The zero-order valence-electron chi connectivity index (χ0n) is 13.5. The van der Waals surface area contributed by atoms with Gasteiger partial charge in [-0.1, -0.05) is 26.0 Å². The van der Waals surface area contributed by atoms with E-state index < -0.39 is 5.60 Å². The Hall–Kier alpha value is -1.26. The van der Waals surface area contributed by atoms with Crippen LogP contribution < -0.4 is 14.8 Å². The summed E-state index contributed by atoms with van der Waals surface area (Å²) in [4.78, 5) is 0. The van der Waals surface area contributed by atoms with Crippen LogP contribution in [0.1, 0.15) is 39.2 Å². The summed E-state index contributed by atoms with van der Waals surface area (Å²) >= 11 is 0. The van der Waals surface area contributed by atoms with E-state index in [1.807, 2.05) is 32.0 Å². The Balaban J connectivity index is 2.10. The molecule has 1 unspecified atom stereocenters. The number of benzene rings is 1. The number of hydrogen-bond donors (Lipinski definition) is 2. The summed E-state index contributed by atoms with van der Waals surface area (Å²) in [6.07, 6.45) is 2.50. The lowest BCUT2D eigenvalue weighted by atomic mass is 9.94. The molecule has 1 fully saturated rings. The Morgan fingerprint density at radius 3 is 2.67 bits per heavy atom. The van der Waals surface area contributed by atoms with E-state index in [1.54, 1.807) is 14.0 Å². The van der Waals surface area contributed by atoms with E-state index in [1.165, 1.54) is 12.8 Å². The van der Waals surface area contributed by atoms with Crippen LogP contribution in [0.15, 0.2) is 18.2 Å². The van der Waals surface area contributed by atoms with Gasteiger partial charge in [0.1, 0.15) is 6.61 Å². The van der Waals surface area contributed by atoms with Crippen LogP contribution in [0, 0.1) is 5.92 Å². The average Bonchev–Trinajstić information content (AvgIpc) is 3.27. The third kappa shape index (κ3) is 4.35. The number of aliphatic hydroxyl groups is 1. The van der Waals surface area contributed by atoms with Crippen molar-refractivity contribution in [3.05, 3.63) is 23.8 Å². The van der Waals surface area contributed by atoms with Gasteiger partial charge < -0.3 is 19.9 Å². The molecule has 0 aromatic heterocycles. The van der Waals surface area contributed by atoms with Crippen molar-refractivity contribution in [3.8, 4) is 11.5 Å². The van der Waals surface area contributed by atoms with E-state index in [0.717, 1.165) is 17.9 Å². The van der Waals surface area contributed by atoms with Gasteiger partial charge in [0.2, 0.25) is 0 Å². The molecule has 1 aromatic rings. The van der Waals surface area contributed by atoms with E-state index in [9.17, 15) is 5.11 Å². The van der Waals surface area contributed by atoms with Gasteiger partial charge in [0.05, 0.1) is 12.7 Å². The average molecular weight is 293 g/mol. The third-order valence-corrected chi connectivity index (χ3v) is 4.19. The standard InChI is InChI=1S/C17H27NO3/c1-12(2)17(3,19)11-21-16-13(10-18-14-8-9-14)6-5-7-15(16)20-4/h5-7,12,14,18-19H,8-11H2,1-4H3. The van der Waals surface area contributed by atoms with Gasteiger partial charge >= 0.3 is 0 Å². The molecule has 0 heterocycles. The Morgan fingerprint density at radius 1 is 1.38 bits per heavy atom. The SMILES string of the molecule is COc1cccc(CNC2CC2)c1OCC(C)(O)C(C)C. The van der Waals surface area contributed by atoms with Gasteiger partial charge in [0.15, 0.2) is 11.5 Å². The Bertz CT molecular complexity index is 467. The predicted octanol–water partition coefficient (Wildman–Crippen LogP) is 2.73. The van der Waals surface area contributed by atoms with E-state index in [-0.39, 0.29) is 12.5 Å². The Labute approximate surface area is 127 Å². The molecule has 2 N–H and O–H groups in total. The second-order valence-corrected chi connectivity index (χ2v) is 6.40. The largest absolute Gasteiger partial charge is 0.493 e. The van der Waals surface area contributed by atoms with Crippen LogP contribution >= 0.6 is 0 Å². The lowest BCUT2D eigenvalue weighted by Gasteiger charge is -2.28. The molecular formula is C17H27NO3. The van der Waals surface area contributed by atoms with Gasteiger partial charge in [-0.3, -0.25) is 0 Å². The van der Waals surface area contributed by atoms with Crippen molar-refractivity contribution in [2.75, 3.05) is 13.7 Å². The first kappa shape index (κ1) is 16.1. The monoisotopic (exact) mass is 293 g/mol. The van der Waals surface area contributed by atoms with Gasteiger partial charge in [-0.2, -0.15) is 0 Å². The van der Waals surface area contributed by atoms with Gasteiger partial charge in [-0.15, -0.1) is 0 Å². The molecule has 1 aliphatic rings. The van der Waals surface area contributed by atoms with E-state index in [2.05, 4.69) is 5.32 Å². The van der Waals surface area contributed by atoms with Crippen LogP contribution in [0.5, 0.6) is 11.5 Å². The van der Waals surface area contributed by atoms with Crippen LogP contribution in [-0.4, -0.2) is 30.5 Å². The molecule has 0 radical (unpaired) electrons. The predicted molar refractivity (Wildman–Crippen MR) is 83.8 cm³/mol. The van der Waals surface area contributed by atoms with Gasteiger partial charge in [0, 0.05) is 18.2 Å². The van der Waals surface area contributed by atoms with E-state index >= 15 is 0 Å². The third-order valence-electron chi connectivity index (χ3n) is 4.19. The molecule has 118 valence electrons. The first-order chi connectivity index (χ1) is 9.94. The molecule has 0 aliphatic heterocycles. The molecule has 1 atom stereocenters. The van der Waals surface area contributed by atoms with Crippen LogP contribution in [0.4, 0.5) is 0 Å². The number of nitrogens with one attached hydrogen (secondary N) is 1. The summed E-state index contributed by atoms with van der Waals surface area (Å²) in [5.41, 5.74) is 0.211. The zero-order chi connectivity index (χ0) is 15.5. The minimum absolute atomic E-state index is 0.125. The van der Waals surface area contributed by atoms with Crippen molar-refractivity contribution in [1.29, 1.82) is 0 Å². The molecule has 0 amide bonds. The fourth-order valence-electron chi connectivity index (χ4n) is 1.95. The molecule has 0 spiro atoms. The minimum Gasteiger partial charge on any atom is -0.493 e. The van der Waals surface area contributed by atoms with Gasteiger partial charge in [-0.25, -0.2) is 0 Å². The van der Waals surface area contributed by atoms with Crippen molar-refractivity contribution in [2.45, 2.75) is 51.8 Å². The van der Waals surface area contributed by atoms with E-state index in [0.29, 0.717) is 11.8 Å². The molecule has 1 aromatic carbocycles. The van der Waals surface area contributed by atoms with Crippen LogP contribution in [0.2, 0.25) is 0 Å². The van der Waals surface area contributed by atoms with Gasteiger partial charge in [-0.05, 0) is 31.7 Å². The number of para-hydroxylation sites is 1. The van der Waals surface area contributed by atoms with Gasteiger partial charge in [0.25, 0.3) is 0 Å². The molecule has 2 rings (SSSR count). The summed E-state index contributed by atoms with van der Waals surface area (Å²) in [6.45, 7) is 6.79. The molecule has 0 saturated heterocycles. The number of methoxy groups -OCH3 is 1. The highest BCUT2D eigenvalue weighted by Gasteiger charge is 2.27. The molecular weight excluding hydrogens is 266 g/mol. The van der Waals surface area contributed by atoms with Crippen molar-refractivity contribution < 1.29 is 14.6 Å². The summed E-state index contributed by atoms with van der Waals surface area (Å²) in [5, 5.41) is 13.8. The Morgan fingerprint density at radius 2 is 2.10 bits per heavy atom. The number of rotatable bonds is 8. The smallest absolute Gasteiger partial charge is 0.165 e. The van der Waals surface area contributed by atoms with Crippen molar-refractivity contribution >= 4 is 0 Å². The summed E-state index contributed by atoms with van der Waals surface area (Å²) in [5.74, 6) is 1.57. The maximum Gasteiger partial charge on any atom is 0.165 e. The van der Waals surface area contributed by atoms with Crippen molar-refractivity contribution in [1.82, 2.24) is 5.32 Å². The maximum absolute atomic E-state index is 10.4. The molecule has 4 heteroatoms. The highest BCUT2D eigenvalue weighted by Crippen LogP contribution is 2.33. The van der Waals surface area contributed by atoms with E-state index in [4.69, 9.17) is 9.47 Å². The number of hydrogen-bond acceptors (Lipinski definition) is 4. The zero-order valence-corrected chi connectivity index (χ0v) is 13.5. The van der Waals surface area contributed by atoms with Crippen LogP contribution in [-0.2, 0) is 6.54 Å². The molecule has 21 heavy (non-hydrogen) atoms. The number of ether oxygens (including phenoxy) is 2. The Kier molecular flexibility index (Phi) is 5.12. The molecule has 1 aliphatic carbocycles. The highest BCUT2D eigenvalue weighted by molar-refractivity contribution is 5.46. The van der Waals surface area contributed by atoms with Crippen molar-refractivity contribution in [2.24, 2.45) is 5.92 Å². The summed E-state index contributed by atoms with van der Waals surface area (Å²) < 4.78 is 11.3. The van der Waals surface area contributed by atoms with Crippen molar-refractivity contribution in [3.63, 3.8) is 0 Å². The first-order valence-electron chi connectivity index (χ1n) is 7.68. The topological polar surface area (TPSA) is 50.7 Å². The minimum atomic E-state index is -0.859. The fraction of sp³-hybridized carbons (Fsp3) is 0.647. The second-order valence-electron chi connectivity index (χ2n) is 6.40. The van der Waals surface area contributed by atoms with Crippen LogP contribution in [0.25, 0.3) is 0 Å². The highest BCUT2D eigenvalue weighted by atomic mass is 16.5. The molecule has 4 nitrogen and oxygen atoms in total. The summed E-state index contributed by atoms with van der Waals surface area (Å²) in [7, 11) is 1.64. The van der Waals surface area contributed by atoms with Crippen LogP contribution in [0.3, 0.4) is 0 Å². The molecule has 0 bridgehead atoms. The fourth-order valence-corrected chi connectivity index (χ4v) is 1.95. The lowest BCUT2D eigenvalue weighted by Crippen LogP contribution is -2.38.